The van der Waals surface area contributed by atoms with E-state index in [0.717, 1.165) is 0 Å². The Kier molecular flexibility index (Phi) is 5.73. The maximum Gasteiger partial charge on any atom is 0.335 e. The molecule has 0 aromatic heterocycles. The lowest BCUT2D eigenvalue weighted by Crippen LogP contribution is -2.10. The van der Waals surface area contributed by atoms with Crippen molar-refractivity contribution < 1.29 is 33.6 Å². The summed E-state index contributed by atoms with van der Waals surface area (Å²) in [6, 6.07) is 8.32. The second kappa shape index (κ2) is 7.76. The summed E-state index contributed by atoms with van der Waals surface area (Å²) in [5.74, 6) is -1.80. The zero-order chi connectivity index (χ0) is 17.7. The Labute approximate surface area is 138 Å². The second-order valence-electron chi connectivity index (χ2n) is 4.87. The number of methoxy groups -OCH3 is 2. The van der Waals surface area contributed by atoms with Gasteiger partial charge in [-0.25, -0.2) is 9.18 Å². The summed E-state index contributed by atoms with van der Waals surface area (Å²) in [4.78, 5) is 10.9. The molecule has 0 aliphatic carbocycles. The van der Waals surface area contributed by atoms with Gasteiger partial charge in [0.25, 0.3) is 0 Å². The average Bonchev–Trinajstić information content (AvgIpc) is 2.59. The quantitative estimate of drug-likeness (QED) is 0.756. The number of benzene rings is 2. The predicted octanol–water partition coefficient (Wildman–Crippen LogP) is 2.60. The van der Waals surface area contributed by atoms with Crippen LogP contribution in [0, 0.1) is 5.82 Å². The van der Waals surface area contributed by atoms with E-state index in [1.165, 1.54) is 50.6 Å². The third-order valence-corrected chi connectivity index (χ3v) is 3.40. The molecule has 0 bridgehead atoms. The minimum Gasteiger partial charge on any atom is -0.494 e. The molecular formula is C17H17FO6. The number of ether oxygens (including phenoxy) is 3. The van der Waals surface area contributed by atoms with Gasteiger partial charge >= 0.3 is 5.97 Å². The van der Waals surface area contributed by atoms with Crippen LogP contribution in [-0.2, 0) is 4.74 Å². The van der Waals surface area contributed by atoms with E-state index < -0.39 is 17.9 Å². The second-order valence-corrected chi connectivity index (χ2v) is 4.87. The Balaban J connectivity index is 2.45. The van der Waals surface area contributed by atoms with Crippen molar-refractivity contribution in [1.29, 1.82) is 0 Å². The van der Waals surface area contributed by atoms with Gasteiger partial charge in [0.1, 0.15) is 11.9 Å². The number of aliphatic hydroxyl groups is 1. The summed E-state index contributed by atoms with van der Waals surface area (Å²) in [7, 11) is 2.73. The summed E-state index contributed by atoms with van der Waals surface area (Å²) < 4.78 is 29.6. The van der Waals surface area contributed by atoms with E-state index in [1.807, 2.05) is 0 Å². The molecule has 0 aliphatic heterocycles. The maximum atomic E-state index is 14.6. The number of carboxylic acids is 1. The minimum atomic E-state index is -1.37. The highest BCUT2D eigenvalue weighted by Crippen LogP contribution is 2.36. The first-order chi connectivity index (χ1) is 11.5. The molecular weight excluding hydrogens is 319 g/mol. The molecule has 2 N–H and O–H groups in total. The number of rotatable bonds is 7. The highest BCUT2D eigenvalue weighted by molar-refractivity contribution is 5.87. The van der Waals surface area contributed by atoms with E-state index >= 15 is 0 Å². The van der Waals surface area contributed by atoms with Crippen LogP contribution in [0.25, 0.3) is 0 Å². The topological polar surface area (TPSA) is 85.2 Å². The Morgan fingerprint density at radius 3 is 2.29 bits per heavy atom. The zero-order valence-electron chi connectivity index (χ0n) is 13.2. The molecule has 0 fully saturated rings. The van der Waals surface area contributed by atoms with Crippen LogP contribution < -0.4 is 9.47 Å². The van der Waals surface area contributed by atoms with Gasteiger partial charge in [-0.15, -0.1) is 0 Å². The molecule has 6 nitrogen and oxygen atoms in total. The SMILES string of the molecule is COCOc1ccc(OC)c(F)c1C(O)c1ccc(C(=O)O)cc1. The highest BCUT2D eigenvalue weighted by Gasteiger charge is 2.24. The average molecular weight is 336 g/mol. The minimum absolute atomic E-state index is 0.0454. The van der Waals surface area contributed by atoms with Crippen LogP contribution in [0.4, 0.5) is 4.39 Å². The summed E-state index contributed by atoms with van der Waals surface area (Å²) >= 11 is 0. The molecule has 24 heavy (non-hydrogen) atoms. The first-order valence-electron chi connectivity index (χ1n) is 6.99. The number of carbonyl (C=O) groups is 1. The van der Waals surface area contributed by atoms with Crippen LogP contribution in [0.3, 0.4) is 0 Å². The molecule has 0 radical (unpaired) electrons. The van der Waals surface area contributed by atoms with Gasteiger partial charge in [-0.05, 0) is 29.8 Å². The molecule has 0 saturated carbocycles. The van der Waals surface area contributed by atoms with E-state index in [-0.39, 0.29) is 29.4 Å². The molecule has 2 aromatic rings. The highest BCUT2D eigenvalue weighted by atomic mass is 19.1. The van der Waals surface area contributed by atoms with Crippen molar-refractivity contribution in [2.45, 2.75) is 6.10 Å². The van der Waals surface area contributed by atoms with Crippen LogP contribution >= 0.6 is 0 Å². The Bertz CT molecular complexity index is 714. The van der Waals surface area contributed by atoms with E-state index in [1.54, 1.807) is 0 Å². The van der Waals surface area contributed by atoms with Crippen LogP contribution in [-0.4, -0.2) is 37.2 Å². The number of hydrogen-bond acceptors (Lipinski definition) is 5. The molecule has 0 aliphatic rings. The number of carboxylic acid groups (broad SMARTS) is 1. The van der Waals surface area contributed by atoms with Crippen molar-refractivity contribution >= 4 is 5.97 Å². The van der Waals surface area contributed by atoms with E-state index in [0.29, 0.717) is 5.56 Å². The van der Waals surface area contributed by atoms with Gasteiger partial charge < -0.3 is 24.4 Å². The summed E-state index contributed by atoms with van der Waals surface area (Å²) in [5.41, 5.74) is 0.261. The fraction of sp³-hybridized carbons (Fsp3) is 0.235. The number of halogens is 1. The lowest BCUT2D eigenvalue weighted by molar-refractivity contribution is 0.0482. The molecule has 1 unspecified atom stereocenters. The van der Waals surface area contributed by atoms with Crippen molar-refractivity contribution in [3.63, 3.8) is 0 Å². The predicted molar refractivity (Wildman–Crippen MR) is 82.9 cm³/mol. The van der Waals surface area contributed by atoms with Crippen molar-refractivity contribution in [3.8, 4) is 11.5 Å². The molecule has 2 rings (SSSR count). The number of aliphatic hydroxyl groups excluding tert-OH is 1. The molecule has 128 valence electrons. The Morgan fingerprint density at radius 2 is 1.75 bits per heavy atom. The van der Waals surface area contributed by atoms with Gasteiger partial charge in [0.05, 0.1) is 18.2 Å². The molecule has 7 heteroatoms. The molecule has 0 spiro atoms. The monoisotopic (exact) mass is 336 g/mol. The van der Waals surface area contributed by atoms with Gasteiger partial charge in [-0.3, -0.25) is 0 Å². The van der Waals surface area contributed by atoms with Gasteiger partial charge in [0, 0.05) is 7.11 Å². The molecule has 2 aromatic carbocycles. The normalized spacial score (nSPS) is 11.8. The first kappa shape index (κ1) is 17.7. The van der Waals surface area contributed by atoms with E-state index in [4.69, 9.17) is 19.3 Å². The van der Waals surface area contributed by atoms with E-state index in [2.05, 4.69) is 0 Å². The third kappa shape index (κ3) is 3.64. The first-order valence-corrected chi connectivity index (χ1v) is 6.99. The van der Waals surface area contributed by atoms with Crippen LogP contribution in [0.1, 0.15) is 27.6 Å². The Hall–Kier alpha value is -2.64. The summed E-state index contributed by atoms with van der Waals surface area (Å²) in [6.07, 6.45) is -1.37. The van der Waals surface area contributed by atoms with Gasteiger partial charge in [-0.2, -0.15) is 0 Å². The third-order valence-electron chi connectivity index (χ3n) is 3.40. The van der Waals surface area contributed by atoms with Crippen LogP contribution in [0.2, 0.25) is 0 Å². The fourth-order valence-electron chi connectivity index (χ4n) is 2.19. The van der Waals surface area contributed by atoms with Gasteiger partial charge in [-0.1, -0.05) is 12.1 Å². The van der Waals surface area contributed by atoms with Crippen LogP contribution in [0.15, 0.2) is 36.4 Å². The molecule has 0 amide bonds. The fourth-order valence-corrected chi connectivity index (χ4v) is 2.19. The van der Waals surface area contributed by atoms with Crippen molar-refractivity contribution in [3.05, 3.63) is 58.9 Å². The molecule has 1 atom stereocenters. The number of hydrogen-bond donors (Lipinski definition) is 2. The van der Waals surface area contributed by atoms with Crippen molar-refractivity contribution in [2.75, 3.05) is 21.0 Å². The van der Waals surface area contributed by atoms with Crippen molar-refractivity contribution in [1.82, 2.24) is 0 Å². The smallest absolute Gasteiger partial charge is 0.335 e. The standard InChI is InChI=1S/C17H17FO6/c1-22-9-24-12-7-8-13(23-2)15(18)14(12)16(19)10-3-5-11(6-4-10)17(20)21/h3-8,16,19H,9H2,1-2H3,(H,20,21). The van der Waals surface area contributed by atoms with Gasteiger partial charge in [0.2, 0.25) is 0 Å². The molecule has 0 heterocycles. The Morgan fingerprint density at radius 1 is 1.12 bits per heavy atom. The van der Waals surface area contributed by atoms with Crippen molar-refractivity contribution in [2.24, 2.45) is 0 Å². The lowest BCUT2D eigenvalue weighted by Gasteiger charge is -2.18. The van der Waals surface area contributed by atoms with Gasteiger partial charge in [0.15, 0.2) is 18.4 Å². The molecule has 0 saturated heterocycles. The largest absolute Gasteiger partial charge is 0.494 e. The lowest BCUT2D eigenvalue weighted by atomic mass is 9.98. The van der Waals surface area contributed by atoms with E-state index in [9.17, 15) is 14.3 Å². The number of aromatic carboxylic acids is 1. The summed E-state index contributed by atoms with van der Waals surface area (Å²) in [6.45, 7) is -0.122. The summed E-state index contributed by atoms with van der Waals surface area (Å²) in [5, 5.41) is 19.5. The zero-order valence-corrected chi connectivity index (χ0v) is 13.2. The maximum absolute atomic E-state index is 14.6. The van der Waals surface area contributed by atoms with Crippen LogP contribution in [0.5, 0.6) is 11.5 Å².